The summed E-state index contributed by atoms with van der Waals surface area (Å²) in [5.74, 6) is 0.241. The molecule has 1 atom stereocenters. The minimum atomic E-state index is -0.658. The van der Waals surface area contributed by atoms with E-state index in [0.29, 0.717) is 40.6 Å². The molecule has 31 heavy (non-hydrogen) atoms. The molecule has 1 aliphatic carbocycles. The van der Waals surface area contributed by atoms with E-state index in [0.717, 1.165) is 30.3 Å². The van der Waals surface area contributed by atoms with Gasteiger partial charge in [-0.05, 0) is 50.5 Å². The fraction of sp³-hybridized carbons (Fsp3) is 0.409. The maximum atomic E-state index is 14.7. The number of anilines is 1. The zero-order chi connectivity index (χ0) is 21.5. The summed E-state index contributed by atoms with van der Waals surface area (Å²) in [6.45, 7) is 3.49. The van der Waals surface area contributed by atoms with Crippen LogP contribution in [0.4, 0.5) is 14.6 Å². The Balaban J connectivity index is 1.29. The van der Waals surface area contributed by atoms with Crippen LogP contribution in [-0.4, -0.2) is 51.6 Å². The van der Waals surface area contributed by atoms with Crippen molar-refractivity contribution in [3.63, 3.8) is 0 Å². The Morgan fingerprint density at radius 3 is 2.68 bits per heavy atom. The van der Waals surface area contributed by atoms with Crippen molar-refractivity contribution in [1.82, 2.24) is 20.5 Å². The van der Waals surface area contributed by atoms with Crippen molar-refractivity contribution in [3.8, 4) is 27.4 Å². The van der Waals surface area contributed by atoms with Gasteiger partial charge in [-0.2, -0.15) is 0 Å². The van der Waals surface area contributed by atoms with E-state index >= 15 is 0 Å². The molecule has 1 aliphatic heterocycles. The van der Waals surface area contributed by atoms with Gasteiger partial charge in [0, 0.05) is 42.5 Å². The van der Waals surface area contributed by atoms with E-state index in [9.17, 15) is 13.9 Å². The van der Waals surface area contributed by atoms with Crippen molar-refractivity contribution in [1.29, 1.82) is 0 Å². The van der Waals surface area contributed by atoms with Crippen LogP contribution in [0.5, 0.6) is 5.75 Å². The van der Waals surface area contributed by atoms with Gasteiger partial charge in [-0.25, -0.2) is 13.8 Å². The molecule has 9 heteroatoms. The third-order valence-corrected chi connectivity index (χ3v) is 6.91. The van der Waals surface area contributed by atoms with Crippen LogP contribution >= 0.6 is 11.3 Å². The van der Waals surface area contributed by atoms with Crippen LogP contribution in [0, 0.1) is 12.7 Å². The number of alkyl halides is 1. The van der Waals surface area contributed by atoms with Crippen molar-refractivity contribution in [2.24, 2.45) is 0 Å². The molecule has 2 fully saturated rings. The monoisotopic (exact) mass is 443 g/mol. The van der Waals surface area contributed by atoms with E-state index in [4.69, 9.17) is 0 Å². The first-order valence-electron chi connectivity index (χ1n) is 10.4. The van der Waals surface area contributed by atoms with Crippen LogP contribution < -0.4 is 10.2 Å². The second-order valence-electron chi connectivity index (χ2n) is 8.23. The minimum Gasteiger partial charge on any atom is -0.507 e. The molecule has 3 heterocycles. The molecule has 0 bridgehead atoms. The van der Waals surface area contributed by atoms with Crippen LogP contribution in [0.2, 0.25) is 0 Å². The van der Waals surface area contributed by atoms with Gasteiger partial charge in [-0.1, -0.05) is 0 Å². The van der Waals surface area contributed by atoms with Gasteiger partial charge in [0.1, 0.15) is 17.7 Å². The number of phenols is 1. The molecular formula is C22H23F2N5OS. The molecule has 1 saturated heterocycles. The van der Waals surface area contributed by atoms with E-state index in [1.54, 1.807) is 12.3 Å². The third-order valence-electron chi connectivity index (χ3n) is 5.96. The summed E-state index contributed by atoms with van der Waals surface area (Å²) < 4.78 is 27.7. The first kappa shape index (κ1) is 20.3. The number of thiazole rings is 1. The number of benzene rings is 1. The van der Waals surface area contributed by atoms with Gasteiger partial charge in [0.25, 0.3) is 0 Å². The normalized spacial score (nSPS) is 23.2. The standard InChI is InChI=1S/C22H23F2N5OS/c1-12-25-10-21(31-12)16-9-20(30)17(8-18(16)24)19-2-3-22(28-27-19)29-5-4-14(11-29)26-15-6-13(23)7-15/h2-3,8-10,13-15,26,30H,4-7,11H2,1H3/t13-,14-,15-/m1/s1. The fourth-order valence-corrected chi connectivity index (χ4v) is 5.00. The molecule has 0 spiro atoms. The largest absolute Gasteiger partial charge is 0.507 e. The van der Waals surface area contributed by atoms with Crippen LogP contribution in [0.1, 0.15) is 24.3 Å². The van der Waals surface area contributed by atoms with E-state index in [2.05, 4.69) is 25.4 Å². The molecule has 2 N–H and O–H groups in total. The molecular weight excluding hydrogens is 420 g/mol. The van der Waals surface area contributed by atoms with Crippen LogP contribution in [0.15, 0.2) is 30.5 Å². The van der Waals surface area contributed by atoms with Gasteiger partial charge in [0.2, 0.25) is 0 Å². The van der Waals surface area contributed by atoms with Gasteiger partial charge >= 0.3 is 0 Å². The summed E-state index contributed by atoms with van der Waals surface area (Å²) in [5, 5.41) is 23.4. The molecule has 1 aromatic carbocycles. The smallest absolute Gasteiger partial charge is 0.151 e. The van der Waals surface area contributed by atoms with E-state index in [1.807, 2.05) is 13.0 Å². The molecule has 0 amide bonds. The number of halogens is 2. The number of rotatable bonds is 5. The number of hydrogen-bond donors (Lipinski definition) is 2. The van der Waals surface area contributed by atoms with Crippen molar-refractivity contribution >= 4 is 17.2 Å². The van der Waals surface area contributed by atoms with E-state index in [1.165, 1.54) is 23.5 Å². The topological polar surface area (TPSA) is 74.2 Å². The van der Waals surface area contributed by atoms with Crippen molar-refractivity contribution in [3.05, 3.63) is 41.3 Å². The number of nitrogens with zero attached hydrogens (tertiary/aromatic N) is 4. The Morgan fingerprint density at radius 2 is 2.00 bits per heavy atom. The second kappa shape index (κ2) is 8.12. The lowest BCUT2D eigenvalue weighted by Crippen LogP contribution is -2.48. The Bertz CT molecular complexity index is 1080. The Labute approximate surface area is 183 Å². The number of nitrogens with one attached hydrogen (secondary N) is 1. The molecule has 3 aromatic rings. The molecule has 162 valence electrons. The lowest BCUT2D eigenvalue weighted by Gasteiger charge is -2.33. The highest BCUT2D eigenvalue weighted by atomic mass is 32.1. The van der Waals surface area contributed by atoms with Crippen LogP contribution in [0.25, 0.3) is 21.7 Å². The molecule has 5 rings (SSSR count). The van der Waals surface area contributed by atoms with Crippen molar-refractivity contribution in [2.75, 3.05) is 18.0 Å². The summed E-state index contributed by atoms with van der Waals surface area (Å²) in [7, 11) is 0. The fourth-order valence-electron chi connectivity index (χ4n) is 4.20. The lowest BCUT2D eigenvalue weighted by atomic mass is 9.90. The number of aryl methyl sites for hydroxylation is 1. The second-order valence-corrected chi connectivity index (χ2v) is 9.47. The first-order chi connectivity index (χ1) is 15.0. The molecule has 6 nitrogen and oxygen atoms in total. The summed E-state index contributed by atoms with van der Waals surface area (Å²) in [6, 6.07) is 6.88. The average molecular weight is 444 g/mol. The average Bonchev–Trinajstić information content (AvgIpc) is 3.38. The Kier molecular flexibility index (Phi) is 5.31. The maximum absolute atomic E-state index is 14.7. The SMILES string of the molecule is Cc1ncc(-c2cc(O)c(-c3ccc(N4CC[C@@H](N[C@H]5C[C@H](F)C5)C4)nn3)cc2F)s1. The van der Waals surface area contributed by atoms with Crippen LogP contribution in [0.3, 0.4) is 0 Å². The quantitative estimate of drug-likeness (QED) is 0.619. The zero-order valence-electron chi connectivity index (χ0n) is 17.1. The number of phenolic OH excluding ortho intramolecular Hbond substituents is 1. The lowest BCUT2D eigenvalue weighted by molar-refractivity contribution is 0.148. The van der Waals surface area contributed by atoms with Gasteiger partial charge in [0.05, 0.1) is 15.6 Å². The minimum absolute atomic E-state index is 0.0541. The van der Waals surface area contributed by atoms with Gasteiger partial charge in [-0.3, -0.25) is 0 Å². The van der Waals surface area contributed by atoms with Crippen molar-refractivity contribution in [2.45, 2.75) is 44.4 Å². The zero-order valence-corrected chi connectivity index (χ0v) is 17.9. The van der Waals surface area contributed by atoms with Gasteiger partial charge < -0.3 is 15.3 Å². The van der Waals surface area contributed by atoms with E-state index < -0.39 is 12.0 Å². The van der Waals surface area contributed by atoms with E-state index in [-0.39, 0.29) is 11.8 Å². The number of aromatic hydroxyl groups is 1. The highest BCUT2D eigenvalue weighted by Crippen LogP contribution is 2.37. The third kappa shape index (κ3) is 4.12. The Hall–Kier alpha value is -2.65. The predicted octanol–water partition coefficient (Wildman–Crippen LogP) is 4.09. The highest BCUT2D eigenvalue weighted by Gasteiger charge is 2.33. The molecule has 2 aliphatic rings. The highest BCUT2D eigenvalue weighted by molar-refractivity contribution is 7.15. The maximum Gasteiger partial charge on any atom is 0.151 e. The molecule has 0 radical (unpaired) electrons. The molecule has 2 aromatic heterocycles. The molecule has 0 unspecified atom stereocenters. The summed E-state index contributed by atoms with van der Waals surface area (Å²) in [6.07, 6.45) is 3.13. The van der Waals surface area contributed by atoms with Gasteiger partial charge in [0.15, 0.2) is 5.82 Å². The summed E-state index contributed by atoms with van der Waals surface area (Å²) in [4.78, 5) is 6.95. The van der Waals surface area contributed by atoms with Gasteiger partial charge in [-0.15, -0.1) is 21.5 Å². The number of hydrogen-bond acceptors (Lipinski definition) is 7. The molecule has 1 saturated carbocycles. The van der Waals surface area contributed by atoms with Crippen molar-refractivity contribution < 1.29 is 13.9 Å². The first-order valence-corrected chi connectivity index (χ1v) is 11.2. The Morgan fingerprint density at radius 1 is 1.16 bits per heavy atom. The summed E-state index contributed by atoms with van der Waals surface area (Å²) in [5.41, 5.74) is 1.02. The predicted molar refractivity (Wildman–Crippen MR) is 117 cm³/mol. The summed E-state index contributed by atoms with van der Waals surface area (Å²) >= 11 is 1.37. The number of aromatic nitrogens is 3. The van der Waals surface area contributed by atoms with Crippen LogP contribution in [-0.2, 0) is 0 Å².